The summed E-state index contributed by atoms with van der Waals surface area (Å²) in [6.45, 7) is 1.24. The number of H-pyrrole nitrogens is 1. The van der Waals surface area contributed by atoms with Crippen LogP contribution in [-0.4, -0.2) is 27.6 Å². The van der Waals surface area contributed by atoms with E-state index in [4.69, 9.17) is 9.47 Å². The number of ether oxygens (including phenoxy) is 2. The van der Waals surface area contributed by atoms with Gasteiger partial charge >= 0.3 is 0 Å². The largest absolute Gasteiger partial charge is 0.454 e. The molecule has 0 spiro atoms. The third-order valence-corrected chi connectivity index (χ3v) is 6.02. The monoisotopic (exact) mass is 419 g/mol. The number of hydrogen-bond acceptors (Lipinski definition) is 5. The molecular weight excluding hydrogens is 398 g/mol. The zero-order chi connectivity index (χ0) is 20.3. The van der Waals surface area contributed by atoms with Gasteiger partial charge in [-0.3, -0.25) is 4.79 Å². The van der Waals surface area contributed by atoms with E-state index in [0.29, 0.717) is 25.9 Å². The Bertz CT molecular complexity index is 1170. The van der Waals surface area contributed by atoms with E-state index in [1.807, 2.05) is 46.8 Å². The molecule has 152 valence electrons. The van der Waals surface area contributed by atoms with Crippen LogP contribution in [0.3, 0.4) is 0 Å². The Morgan fingerprint density at radius 1 is 1.13 bits per heavy atom. The summed E-state index contributed by atoms with van der Waals surface area (Å²) in [4.78, 5) is 22.7. The second-order valence-electron chi connectivity index (χ2n) is 7.22. The van der Waals surface area contributed by atoms with Gasteiger partial charge in [-0.2, -0.15) is 0 Å². The molecule has 5 rings (SSSR count). The van der Waals surface area contributed by atoms with Crippen molar-refractivity contribution in [3.63, 3.8) is 0 Å². The second kappa shape index (κ2) is 8.20. The molecule has 3 heterocycles. The van der Waals surface area contributed by atoms with Crippen LogP contribution in [0.15, 0.2) is 60.2 Å². The molecule has 1 aliphatic heterocycles. The summed E-state index contributed by atoms with van der Waals surface area (Å²) in [5.74, 6) is 1.58. The highest BCUT2D eigenvalue weighted by atomic mass is 32.1. The molecular formula is C23H21N3O3S. The number of rotatable bonds is 7. The number of nitrogens with zero attached hydrogens (tertiary/aromatic N) is 2. The lowest BCUT2D eigenvalue weighted by molar-refractivity contribution is -0.132. The molecule has 0 atom stereocenters. The molecule has 1 amide bonds. The smallest absolute Gasteiger partial charge is 0.231 e. The van der Waals surface area contributed by atoms with E-state index >= 15 is 0 Å². The van der Waals surface area contributed by atoms with Gasteiger partial charge in [0, 0.05) is 41.6 Å². The van der Waals surface area contributed by atoms with E-state index in [2.05, 4.69) is 22.1 Å². The fraction of sp³-hybridized carbons (Fsp3) is 0.217. The van der Waals surface area contributed by atoms with Gasteiger partial charge in [-0.25, -0.2) is 4.98 Å². The summed E-state index contributed by atoms with van der Waals surface area (Å²) in [6.07, 6.45) is 4.91. The van der Waals surface area contributed by atoms with Gasteiger partial charge in [0.2, 0.25) is 12.7 Å². The van der Waals surface area contributed by atoms with E-state index < -0.39 is 0 Å². The molecule has 2 aromatic carbocycles. The number of fused-ring (bicyclic) bond motifs is 2. The van der Waals surface area contributed by atoms with Gasteiger partial charge in [0.05, 0.1) is 6.54 Å². The molecule has 0 unspecified atom stereocenters. The summed E-state index contributed by atoms with van der Waals surface area (Å²) >= 11 is 1.56. The van der Waals surface area contributed by atoms with Crippen molar-refractivity contribution in [1.82, 2.24) is 14.9 Å². The Balaban J connectivity index is 1.32. The molecule has 0 saturated heterocycles. The fourth-order valence-electron chi connectivity index (χ4n) is 3.72. The average molecular weight is 420 g/mol. The maximum absolute atomic E-state index is 13.2. The van der Waals surface area contributed by atoms with Crippen molar-refractivity contribution < 1.29 is 14.3 Å². The summed E-state index contributed by atoms with van der Waals surface area (Å²) in [5.41, 5.74) is 3.27. The third-order valence-electron chi connectivity index (χ3n) is 5.26. The second-order valence-corrected chi connectivity index (χ2v) is 8.20. The number of benzene rings is 2. The Morgan fingerprint density at radius 2 is 2.03 bits per heavy atom. The average Bonchev–Trinajstić information content (AvgIpc) is 3.52. The number of aryl methyl sites for hydroxylation is 1. The minimum Gasteiger partial charge on any atom is -0.454 e. The number of hydrogen-bond donors (Lipinski definition) is 1. The van der Waals surface area contributed by atoms with Crippen molar-refractivity contribution in [2.24, 2.45) is 0 Å². The van der Waals surface area contributed by atoms with Crippen LogP contribution in [0.5, 0.6) is 11.5 Å². The molecule has 1 N–H and O–H groups in total. The first-order chi connectivity index (χ1) is 14.8. The summed E-state index contributed by atoms with van der Waals surface area (Å²) in [5, 5.41) is 4.04. The molecule has 0 aliphatic carbocycles. The highest BCUT2D eigenvalue weighted by molar-refractivity contribution is 7.09. The molecule has 0 fully saturated rings. The first-order valence-electron chi connectivity index (χ1n) is 9.86. The molecule has 1 aliphatic rings. The van der Waals surface area contributed by atoms with Crippen molar-refractivity contribution in [1.29, 1.82) is 0 Å². The van der Waals surface area contributed by atoms with Crippen LogP contribution in [0.1, 0.15) is 22.6 Å². The van der Waals surface area contributed by atoms with Crippen molar-refractivity contribution in [3.05, 3.63) is 76.4 Å². The highest BCUT2D eigenvalue weighted by Gasteiger charge is 2.19. The van der Waals surface area contributed by atoms with E-state index in [9.17, 15) is 4.79 Å². The van der Waals surface area contributed by atoms with Crippen LogP contribution < -0.4 is 9.47 Å². The molecule has 0 radical (unpaired) electrons. The van der Waals surface area contributed by atoms with E-state index in [1.54, 1.807) is 17.5 Å². The number of nitrogens with one attached hydrogen (secondary N) is 1. The lowest BCUT2D eigenvalue weighted by Crippen LogP contribution is -2.30. The maximum Gasteiger partial charge on any atom is 0.231 e. The van der Waals surface area contributed by atoms with Crippen molar-refractivity contribution in [2.75, 3.05) is 6.79 Å². The molecule has 7 heteroatoms. The van der Waals surface area contributed by atoms with Crippen LogP contribution in [0.2, 0.25) is 0 Å². The normalized spacial score (nSPS) is 12.4. The highest BCUT2D eigenvalue weighted by Crippen LogP contribution is 2.33. The van der Waals surface area contributed by atoms with Crippen LogP contribution in [0.4, 0.5) is 0 Å². The van der Waals surface area contributed by atoms with E-state index in [-0.39, 0.29) is 12.7 Å². The zero-order valence-corrected chi connectivity index (χ0v) is 17.2. The number of amides is 1. The van der Waals surface area contributed by atoms with Gasteiger partial charge in [0.25, 0.3) is 0 Å². The Labute approximate surface area is 178 Å². The van der Waals surface area contributed by atoms with Crippen molar-refractivity contribution >= 4 is 28.1 Å². The SMILES string of the molecule is O=C(CCc1c[nH]c2ccccc12)N(Cc1ccc2c(c1)OCO2)Cc1nccs1. The zero-order valence-electron chi connectivity index (χ0n) is 16.3. The van der Waals surface area contributed by atoms with Gasteiger partial charge in [0.1, 0.15) is 5.01 Å². The standard InChI is InChI=1S/C23H21N3O3S/c27-23(8-6-17-12-25-19-4-2-1-3-18(17)19)26(14-22-24-9-10-30-22)13-16-5-7-20-21(11-16)29-15-28-20/h1-5,7,9-12,25H,6,8,13-15H2. The summed E-state index contributed by atoms with van der Waals surface area (Å²) in [6, 6.07) is 14.0. The first-order valence-corrected chi connectivity index (χ1v) is 10.7. The minimum atomic E-state index is 0.105. The number of aromatic nitrogens is 2. The maximum atomic E-state index is 13.2. The lowest BCUT2D eigenvalue weighted by Gasteiger charge is -2.22. The number of para-hydroxylation sites is 1. The van der Waals surface area contributed by atoms with Crippen LogP contribution in [0.25, 0.3) is 10.9 Å². The summed E-state index contributed by atoms with van der Waals surface area (Å²) in [7, 11) is 0. The van der Waals surface area contributed by atoms with E-state index in [0.717, 1.165) is 33.2 Å². The lowest BCUT2D eigenvalue weighted by atomic mass is 10.1. The van der Waals surface area contributed by atoms with Gasteiger partial charge in [-0.1, -0.05) is 24.3 Å². The van der Waals surface area contributed by atoms with Gasteiger partial charge < -0.3 is 19.4 Å². The Kier molecular flexibility index (Phi) is 5.11. The quantitative estimate of drug-likeness (QED) is 0.478. The Morgan fingerprint density at radius 3 is 2.93 bits per heavy atom. The number of thiazole rings is 1. The van der Waals surface area contributed by atoms with Gasteiger partial charge in [-0.05, 0) is 35.7 Å². The first kappa shape index (κ1) is 18.7. The molecule has 0 bridgehead atoms. The number of aromatic amines is 1. The predicted molar refractivity (Wildman–Crippen MR) is 116 cm³/mol. The van der Waals surface area contributed by atoms with Crippen LogP contribution in [-0.2, 0) is 24.3 Å². The molecule has 4 aromatic rings. The molecule has 6 nitrogen and oxygen atoms in total. The molecule has 2 aromatic heterocycles. The third kappa shape index (κ3) is 3.89. The van der Waals surface area contributed by atoms with Crippen LogP contribution in [0, 0.1) is 0 Å². The van der Waals surface area contributed by atoms with Crippen LogP contribution >= 0.6 is 11.3 Å². The Hall–Kier alpha value is -3.32. The molecule has 30 heavy (non-hydrogen) atoms. The summed E-state index contributed by atoms with van der Waals surface area (Å²) < 4.78 is 10.9. The number of carbonyl (C=O) groups excluding carboxylic acids is 1. The molecule has 0 saturated carbocycles. The van der Waals surface area contributed by atoms with Crippen molar-refractivity contribution in [2.45, 2.75) is 25.9 Å². The fourth-order valence-corrected chi connectivity index (χ4v) is 4.36. The minimum absolute atomic E-state index is 0.105. The van der Waals surface area contributed by atoms with Gasteiger partial charge in [-0.15, -0.1) is 11.3 Å². The number of carbonyl (C=O) groups is 1. The van der Waals surface area contributed by atoms with Gasteiger partial charge in [0.15, 0.2) is 11.5 Å². The predicted octanol–water partition coefficient (Wildman–Crippen LogP) is 4.51. The van der Waals surface area contributed by atoms with Crippen molar-refractivity contribution in [3.8, 4) is 11.5 Å². The topological polar surface area (TPSA) is 67.5 Å². The van der Waals surface area contributed by atoms with E-state index in [1.165, 1.54) is 5.39 Å².